The Hall–Kier alpha value is -3.18. The Kier molecular flexibility index (Phi) is 9.72. The van der Waals surface area contributed by atoms with Crippen molar-refractivity contribution >= 4 is 0 Å². The Morgan fingerprint density at radius 1 is 0.811 bits per heavy atom. The maximum atomic E-state index is 12.2. The predicted octanol–water partition coefficient (Wildman–Crippen LogP) is 3.10. The summed E-state index contributed by atoms with van der Waals surface area (Å²) >= 11 is 0. The maximum Gasteiger partial charge on any atom is 0.264 e. The summed E-state index contributed by atoms with van der Waals surface area (Å²) in [5.41, 5.74) is 2.52. The van der Waals surface area contributed by atoms with Gasteiger partial charge in [-0.2, -0.15) is 0 Å². The Morgan fingerprint density at radius 3 is 1.86 bits per heavy atom. The molecule has 37 heavy (non-hydrogen) atoms. The quantitative estimate of drug-likeness (QED) is 0.266. The molecule has 3 aromatic carbocycles. The number of hydrogen-bond donors (Lipinski definition) is 2. The smallest absolute Gasteiger partial charge is 0.264 e. The third-order valence-electron chi connectivity index (χ3n) is 6.19. The Labute approximate surface area is 215 Å². The van der Waals surface area contributed by atoms with Crippen LogP contribution in [0.5, 0.6) is 0 Å². The number of benzene rings is 3. The summed E-state index contributed by atoms with van der Waals surface area (Å²) in [5.74, 6) is 0. The molecule has 0 saturated carbocycles. The Bertz CT molecular complexity index is 1090. The fourth-order valence-corrected chi connectivity index (χ4v) is 4.24. The second kappa shape index (κ2) is 13.4. The zero-order chi connectivity index (χ0) is 26.0. The number of hydrogen-bond acceptors (Lipinski definition) is 8. The van der Waals surface area contributed by atoms with Crippen LogP contribution in [0.3, 0.4) is 0 Å². The summed E-state index contributed by atoms with van der Waals surface area (Å²) in [6, 6.07) is 26.5. The average Bonchev–Trinajstić information content (AvgIpc) is 3.21. The van der Waals surface area contributed by atoms with Gasteiger partial charge in [-0.25, -0.2) is 0 Å². The van der Waals surface area contributed by atoms with Gasteiger partial charge < -0.3 is 29.2 Å². The van der Waals surface area contributed by atoms with E-state index in [1.165, 1.54) is 0 Å². The normalized spacial score (nSPS) is 23.0. The van der Waals surface area contributed by atoms with Crippen molar-refractivity contribution in [2.24, 2.45) is 0 Å². The number of nitro groups is 1. The van der Waals surface area contributed by atoms with E-state index in [0.717, 1.165) is 16.7 Å². The molecule has 0 radical (unpaired) electrons. The van der Waals surface area contributed by atoms with Crippen LogP contribution in [0.15, 0.2) is 91.0 Å². The Morgan fingerprint density at radius 2 is 1.32 bits per heavy atom. The first-order valence-electron chi connectivity index (χ1n) is 12.1. The molecular formula is C28H31NO8. The van der Waals surface area contributed by atoms with Gasteiger partial charge in [0.2, 0.25) is 0 Å². The third kappa shape index (κ3) is 7.42. The van der Waals surface area contributed by atoms with Gasteiger partial charge in [0.05, 0.1) is 19.8 Å². The monoisotopic (exact) mass is 509 g/mol. The fourth-order valence-electron chi connectivity index (χ4n) is 4.24. The van der Waals surface area contributed by atoms with Crippen LogP contribution in [-0.2, 0) is 38.8 Å². The van der Waals surface area contributed by atoms with E-state index in [-0.39, 0.29) is 26.4 Å². The van der Waals surface area contributed by atoms with Crippen molar-refractivity contribution in [3.8, 4) is 0 Å². The molecule has 0 amide bonds. The minimum Gasteiger partial charge on any atom is -0.385 e. The van der Waals surface area contributed by atoms with Gasteiger partial charge in [0.15, 0.2) is 12.4 Å². The lowest BCUT2D eigenvalue weighted by molar-refractivity contribution is -0.543. The minimum absolute atomic E-state index is 0.0615. The van der Waals surface area contributed by atoms with Crippen LogP contribution in [0.25, 0.3) is 0 Å². The molecule has 0 aliphatic carbocycles. The van der Waals surface area contributed by atoms with E-state index >= 15 is 0 Å². The molecule has 0 aromatic heterocycles. The van der Waals surface area contributed by atoms with E-state index in [0.29, 0.717) is 0 Å². The zero-order valence-corrected chi connectivity index (χ0v) is 20.2. The fraction of sp³-hybridized carbons (Fsp3) is 0.357. The summed E-state index contributed by atoms with van der Waals surface area (Å²) in [4.78, 5) is 11.7. The van der Waals surface area contributed by atoms with Crippen molar-refractivity contribution in [3.63, 3.8) is 0 Å². The molecule has 1 aliphatic heterocycles. The molecule has 2 N–H and O–H groups in total. The van der Waals surface area contributed by atoms with Gasteiger partial charge in [-0.3, -0.25) is 10.1 Å². The first kappa shape index (κ1) is 26.9. The second-order valence-corrected chi connectivity index (χ2v) is 8.86. The molecule has 4 rings (SSSR count). The van der Waals surface area contributed by atoms with Crippen molar-refractivity contribution in [3.05, 3.63) is 118 Å². The lowest BCUT2D eigenvalue weighted by atomic mass is 9.99. The number of rotatable bonds is 13. The predicted molar refractivity (Wildman–Crippen MR) is 134 cm³/mol. The number of ether oxygens (including phenoxy) is 4. The van der Waals surface area contributed by atoms with Crippen LogP contribution in [0, 0.1) is 10.1 Å². The van der Waals surface area contributed by atoms with Gasteiger partial charge in [0, 0.05) is 4.92 Å². The van der Waals surface area contributed by atoms with E-state index < -0.39 is 41.7 Å². The average molecular weight is 510 g/mol. The molecule has 1 fully saturated rings. The molecule has 3 aromatic rings. The molecule has 1 unspecified atom stereocenters. The SMILES string of the molecule is O=[N+]([O-])[C@@H](COCc1ccccc1)[C@@H](OCc1ccccc1)[C@H]1OC(O)[C@H](O)[C@H]1OCc1ccccc1. The van der Waals surface area contributed by atoms with Gasteiger partial charge in [0.25, 0.3) is 6.04 Å². The van der Waals surface area contributed by atoms with E-state index in [1.54, 1.807) is 0 Å². The van der Waals surface area contributed by atoms with Crippen LogP contribution in [0.1, 0.15) is 16.7 Å². The summed E-state index contributed by atoms with van der Waals surface area (Å²) < 4.78 is 23.3. The lowest BCUT2D eigenvalue weighted by Gasteiger charge is -2.30. The molecule has 1 aliphatic rings. The standard InChI is InChI=1S/C28H31NO8/c30-24-26(36-18-22-14-8-3-9-15-22)27(37-28(24)31)25(35-17-21-12-6-2-7-13-21)23(29(32)33)19-34-16-20-10-4-1-5-11-20/h1-15,23-28,30-31H,16-19H2/t23-,24+,25+,26+,27+,28?/m0/s1. The van der Waals surface area contributed by atoms with E-state index in [4.69, 9.17) is 18.9 Å². The topological polar surface area (TPSA) is 121 Å². The summed E-state index contributed by atoms with van der Waals surface area (Å²) in [6.07, 6.45) is -6.35. The first-order valence-corrected chi connectivity index (χ1v) is 12.1. The van der Waals surface area contributed by atoms with Crippen LogP contribution in [0.2, 0.25) is 0 Å². The molecule has 196 valence electrons. The van der Waals surface area contributed by atoms with Gasteiger partial charge >= 0.3 is 0 Å². The van der Waals surface area contributed by atoms with Crippen LogP contribution in [-0.4, -0.2) is 58.5 Å². The highest BCUT2D eigenvalue weighted by Gasteiger charge is 2.53. The molecule has 0 bridgehead atoms. The minimum atomic E-state index is -1.58. The highest BCUT2D eigenvalue weighted by atomic mass is 16.7. The zero-order valence-electron chi connectivity index (χ0n) is 20.2. The van der Waals surface area contributed by atoms with Gasteiger partial charge in [-0.15, -0.1) is 0 Å². The second-order valence-electron chi connectivity index (χ2n) is 8.86. The Balaban J connectivity index is 1.53. The highest BCUT2D eigenvalue weighted by Crippen LogP contribution is 2.30. The highest BCUT2D eigenvalue weighted by molar-refractivity contribution is 5.15. The molecule has 0 spiro atoms. The van der Waals surface area contributed by atoms with Gasteiger partial charge in [0.1, 0.15) is 24.9 Å². The molecule has 9 nitrogen and oxygen atoms in total. The van der Waals surface area contributed by atoms with Crippen molar-refractivity contribution in [1.82, 2.24) is 0 Å². The number of aliphatic hydroxyl groups is 2. The van der Waals surface area contributed by atoms with Crippen molar-refractivity contribution < 1.29 is 34.1 Å². The van der Waals surface area contributed by atoms with E-state index in [1.807, 2.05) is 91.0 Å². The maximum absolute atomic E-state index is 12.2. The molecule has 9 heteroatoms. The molecule has 6 atom stereocenters. The van der Waals surface area contributed by atoms with E-state index in [2.05, 4.69) is 0 Å². The van der Waals surface area contributed by atoms with Crippen molar-refractivity contribution in [2.45, 2.75) is 56.6 Å². The van der Waals surface area contributed by atoms with Crippen molar-refractivity contribution in [2.75, 3.05) is 6.61 Å². The lowest BCUT2D eigenvalue weighted by Crippen LogP contribution is -2.51. The van der Waals surface area contributed by atoms with Crippen LogP contribution in [0.4, 0.5) is 0 Å². The molecule has 1 heterocycles. The van der Waals surface area contributed by atoms with Crippen molar-refractivity contribution in [1.29, 1.82) is 0 Å². The summed E-state index contributed by atoms with van der Waals surface area (Å²) in [7, 11) is 0. The molecular weight excluding hydrogens is 478 g/mol. The van der Waals surface area contributed by atoms with Crippen LogP contribution >= 0.6 is 0 Å². The number of nitrogens with zero attached hydrogens (tertiary/aromatic N) is 1. The summed E-state index contributed by atoms with van der Waals surface area (Å²) in [6.45, 7) is 0.0975. The van der Waals surface area contributed by atoms with E-state index in [9.17, 15) is 20.3 Å². The largest absolute Gasteiger partial charge is 0.385 e. The first-order chi connectivity index (χ1) is 18.0. The van der Waals surface area contributed by atoms with Gasteiger partial charge in [-0.05, 0) is 16.7 Å². The third-order valence-corrected chi connectivity index (χ3v) is 6.19. The molecule has 1 saturated heterocycles. The van der Waals surface area contributed by atoms with Gasteiger partial charge in [-0.1, -0.05) is 91.0 Å². The number of aliphatic hydroxyl groups excluding tert-OH is 2. The van der Waals surface area contributed by atoms with Crippen LogP contribution < -0.4 is 0 Å². The summed E-state index contributed by atoms with van der Waals surface area (Å²) in [5, 5.41) is 33.2.